The molecule has 0 radical (unpaired) electrons. The molecule has 0 aliphatic heterocycles. The van der Waals surface area contributed by atoms with Gasteiger partial charge in [0, 0.05) is 22.5 Å². The fourth-order valence-corrected chi connectivity index (χ4v) is 1.55. The van der Waals surface area contributed by atoms with Crippen molar-refractivity contribution in [2.45, 2.75) is 12.5 Å². The van der Waals surface area contributed by atoms with Crippen molar-refractivity contribution in [2.75, 3.05) is 0 Å². The summed E-state index contributed by atoms with van der Waals surface area (Å²) >= 11 is 3.20. The van der Waals surface area contributed by atoms with Gasteiger partial charge >= 0.3 is 0 Å². The maximum absolute atomic E-state index is 13.3. The van der Waals surface area contributed by atoms with Crippen molar-refractivity contribution in [3.05, 3.63) is 34.1 Å². The summed E-state index contributed by atoms with van der Waals surface area (Å²) in [6.07, 6.45) is -0.0517. The number of carbonyl (C=O) groups excluding carboxylic acids is 1. The van der Waals surface area contributed by atoms with E-state index in [2.05, 4.69) is 15.9 Å². The fourth-order valence-electron chi connectivity index (χ4n) is 1.17. The van der Waals surface area contributed by atoms with Gasteiger partial charge in [0.1, 0.15) is 5.82 Å². The van der Waals surface area contributed by atoms with E-state index in [0.29, 0.717) is 4.47 Å². The smallest absolute Gasteiger partial charge is 0.235 e. The average molecular weight is 276 g/mol. The normalized spacial score (nSPS) is 12.3. The fraction of sp³-hybridized carbons (Fsp3) is 0.222. The highest BCUT2D eigenvalue weighted by Gasteiger charge is 2.15. The minimum atomic E-state index is -0.703. The SMILES string of the molecule is NNC(=O)CC(N)c1cc(Br)ccc1F. The lowest BCUT2D eigenvalue weighted by Gasteiger charge is -2.12. The van der Waals surface area contributed by atoms with Crippen LogP contribution in [0.2, 0.25) is 0 Å². The number of hydrogen-bond acceptors (Lipinski definition) is 3. The minimum absolute atomic E-state index is 0.0517. The monoisotopic (exact) mass is 275 g/mol. The molecule has 0 heterocycles. The van der Waals surface area contributed by atoms with Crippen LogP contribution in [0.3, 0.4) is 0 Å². The van der Waals surface area contributed by atoms with Crippen molar-refractivity contribution in [1.82, 2.24) is 5.43 Å². The Morgan fingerprint density at radius 1 is 1.60 bits per heavy atom. The summed E-state index contributed by atoms with van der Waals surface area (Å²) in [5.74, 6) is 4.04. The molecule has 6 heteroatoms. The molecule has 0 fully saturated rings. The zero-order valence-corrected chi connectivity index (χ0v) is 9.42. The van der Waals surface area contributed by atoms with E-state index in [1.807, 2.05) is 5.43 Å². The lowest BCUT2D eigenvalue weighted by molar-refractivity contribution is -0.121. The van der Waals surface area contributed by atoms with Crippen LogP contribution in [0.1, 0.15) is 18.0 Å². The summed E-state index contributed by atoms with van der Waals surface area (Å²) in [7, 11) is 0. The number of hydrogen-bond donors (Lipinski definition) is 3. The lowest BCUT2D eigenvalue weighted by Crippen LogP contribution is -2.32. The maximum atomic E-state index is 13.3. The minimum Gasteiger partial charge on any atom is -0.323 e. The Morgan fingerprint density at radius 3 is 2.87 bits per heavy atom. The van der Waals surface area contributed by atoms with Gasteiger partial charge in [0.15, 0.2) is 0 Å². The lowest BCUT2D eigenvalue weighted by atomic mass is 10.0. The van der Waals surface area contributed by atoms with Crippen molar-refractivity contribution in [3.63, 3.8) is 0 Å². The predicted octanol–water partition coefficient (Wildman–Crippen LogP) is 0.968. The Bertz CT molecular complexity index is 372. The molecule has 0 saturated carbocycles. The molecule has 0 aromatic heterocycles. The summed E-state index contributed by atoms with van der Waals surface area (Å²) in [5, 5.41) is 0. The van der Waals surface area contributed by atoms with Gasteiger partial charge in [0.2, 0.25) is 5.91 Å². The number of benzene rings is 1. The van der Waals surface area contributed by atoms with Gasteiger partial charge in [-0.1, -0.05) is 15.9 Å². The molecule has 0 saturated heterocycles. The Balaban J connectivity index is 2.85. The number of nitrogens with two attached hydrogens (primary N) is 2. The van der Waals surface area contributed by atoms with Crippen molar-refractivity contribution in [2.24, 2.45) is 11.6 Å². The third-order valence-electron chi connectivity index (χ3n) is 1.92. The second kappa shape index (κ2) is 5.20. The van der Waals surface area contributed by atoms with Gasteiger partial charge in [-0.25, -0.2) is 10.2 Å². The molecule has 1 rings (SSSR count). The molecule has 4 nitrogen and oxygen atoms in total. The summed E-state index contributed by atoms with van der Waals surface area (Å²) in [4.78, 5) is 10.9. The molecular weight excluding hydrogens is 265 g/mol. The Hall–Kier alpha value is -0.980. The molecule has 1 aromatic rings. The molecule has 15 heavy (non-hydrogen) atoms. The van der Waals surface area contributed by atoms with E-state index >= 15 is 0 Å². The number of halogens is 2. The number of rotatable bonds is 3. The van der Waals surface area contributed by atoms with Crippen molar-refractivity contribution in [1.29, 1.82) is 0 Å². The van der Waals surface area contributed by atoms with Gasteiger partial charge in [-0.2, -0.15) is 0 Å². The number of nitrogens with one attached hydrogen (secondary N) is 1. The second-order valence-electron chi connectivity index (χ2n) is 3.04. The predicted molar refractivity (Wildman–Crippen MR) is 58.0 cm³/mol. The molecular formula is C9H11BrFN3O. The van der Waals surface area contributed by atoms with E-state index in [1.165, 1.54) is 6.07 Å². The van der Waals surface area contributed by atoms with E-state index in [-0.39, 0.29) is 12.0 Å². The number of hydrazine groups is 1. The summed E-state index contributed by atoms with van der Waals surface area (Å²) < 4.78 is 14.0. The molecule has 1 aromatic carbocycles. The first kappa shape index (κ1) is 12.1. The zero-order valence-electron chi connectivity index (χ0n) is 7.84. The van der Waals surface area contributed by atoms with Crippen LogP contribution in [-0.4, -0.2) is 5.91 Å². The first-order chi connectivity index (χ1) is 7.04. The van der Waals surface area contributed by atoms with Crippen LogP contribution >= 0.6 is 15.9 Å². The van der Waals surface area contributed by atoms with E-state index in [4.69, 9.17) is 11.6 Å². The van der Waals surface area contributed by atoms with Crippen LogP contribution in [0.4, 0.5) is 4.39 Å². The van der Waals surface area contributed by atoms with Crippen molar-refractivity contribution < 1.29 is 9.18 Å². The first-order valence-electron chi connectivity index (χ1n) is 4.24. The molecule has 0 bridgehead atoms. The Morgan fingerprint density at radius 2 is 2.27 bits per heavy atom. The van der Waals surface area contributed by atoms with E-state index in [9.17, 15) is 9.18 Å². The molecule has 82 valence electrons. The van der Waals surface area contributed by atoms with E-state index in [0.717, 1.165) is 0 Å². The van der Waals surface area contributed by atoms with Crippen molar-refractivity contribution >= 4 is 21.8 Å². The number of carbonyl (C=O) groups is 1. The van der Waals surface area contributed by atoms with Gasteiger partial charge in [0.25, 0.3) is 0 Å². The van der Waals surface area contributed by atoms with Gasteiger partial charge in [-0.3, -0.25) is 10.2 Å². The summed E-state index contributed by atoms with van der Waals surface area (Å²) in [6.45, 7) is 0. The standard InChI is InChI=1S/C9H11BrFN3O/c10-5-1-2-7(11)6(3-5)8(12)4-9(15)14-13/h1-3,8H,4,12-13H2,(H,14,15). The molecule has 5 N–H and O–H groups in total. The molecule has 0 aliphatic rings. The van der Waals surface area contributed by atoms with Gasteiger partial charge < -0.3 is 5.73 Å². The quantitative estimate of drug-likeness (QED) is 0.437. The Labute approximate surface area is 94.9 Å². The third-order valence-corrected chi connectivity index (χ3v) is 2.42. The van der Waals surface area contributed by atoms with Crippen LogP contribution < -0.4 is 17.0 Å². The van der Waals surface area contributed by atoms with Crippen molar-refractivity contribution in [3.8, 4) is 0 Å². The van der Waals surface area contributed by atoms with E-state index < -0.39 is 17.8 Å². The van der Waals surface area contributed by atoms with Gasteiger partial charge in [0.05, 0.1) is 0 Å². The molecule has 1 amide bonds. The van der Waals surface area contributed by atoms with Crippen LogP contribution in [0, 0.1) is 5.82 Å². The highest BCUT2D eigenvalue weighted by molar-refractivity contribution is 9.10. The van der Waals surface area contributed by atoms with Crippen LogP contribution in [-0.2, 0) is 4.79 Å². The van der Waals surface area contributed by atoms with Gasteiger partial charge in [-0.15, -0.1) is 0 Å². The molecule has 1 unspecified atom stereocenters. The van der Waals surface area contributed by atoms with Crippen LogP contribution in [0.25, 0.3) is 0 Å². The molecule has 0 spiro atoms. The average Bonchev–Trinajstić information content (AvgIpc) is 2.21. The second-order valence-corrected chi connectivity index (χ2v) is 3.96. The third kappa shape index (κ3) is 3.26. The largest absolute Gasteiger partial charge is 0.323 e. The first-order valence-corrected chi connectivity index (χ1v) is 5.04. The topological polar surface area (TPSA) is 81.1 Å². The highest BCUT2D eigenvalue weighted by atomic mass is 79.9. The summed E-state index contributed by atoms with van der Waals surface area (Å²) in [6, 6.07) is 3.70. The van der Waals surface area contributed by atoms with Crippen LogP contribution in [0.5, 0.6) is 0 Å². The number of amides is 1. The maximum Gasteiger partial charge on any atom is 0.235 e. The Kier molecular flexibility index (Phi) is 4.19. The molecule has 0 aliphatic carbocycles. The molecule has 1 atom stereocenters. The van der Waals surface area contributed by atoms with Crippen LogP contribution in [0.15, 0.2) is 22.7 Å². The van der Waals surface area contributed by atoms with Gasteiger partial charge in [-0.05, 0) is 18.2 Å². The highest BCUT2D eigenvalue weighted by Crippen LogP contribution is 2.22. The van der Waals surface area contributed by atoms with E-state index in [1.54, 1.807) is 12.1 Å². The summed E-state index contributed by atoms with van der Waals surface area (Å²) in [5.41, 5.74) is 7.90. The zero-order chi connectivity index (χ0) is 11.4.